The van der Waals surface area contributed by atoms with Gasteiger partial charge in [0.2, 0.25) is 0 Å². The average Bonchev–Trinajstić information content (AvgIpc) is 2.47. The highest BCUT2D eigenvalue weighted by Crippen LogP contribution is 2.21. The fourth-order valence-corrected chi connectivity index (χ4v) is 2.56. The maximum atomic E-state index is 12.2. The van der Waals surface area contributed by atoms with Crippen molar-refractivity contribution in [1.29, 1.82) is 0 Å². The van der Waals surface area contributed by atoms with Gasteiger partial charge in [-0.1, -0.05) is 0 Å². The van der Waals surface area contributed by atoms with Crippen molar-refractivity contribution in [2.24, 2.45) is 5.92 Å². The normalized spacial score (nSPS) is 18.6. The van der Waals surface area contributed by atoms with Gasteiger partial charge in [-0.25, -0.2) is 9.78 Å². The van der Waals surface area contributed by atoms with Crippen LogP contribution in [-0.2, 0) is 9.47 Å². The standard InChI is InChI=1S/C16H24N2O3/c1-12(2)21-16(19)14-7-4-8-17-15(14)18(3)10-13-6-5-9-20-11-13/h4,7-8,12-13H,5-6,9-11H2,1-3H3. The molecule has 0 N–H and O–H groups in total. The molecule has 1 aromatic rings. The Bertz CT molecular complexity index is 470. The molecule has 5 nitrogen and oxygen atoms in total. The molecule has 1 atom stereocenters. The van der Waals surface area contributed by atoms with Gasteiger partial charge in [0.25, 0.3) is 0 Å². The van der Waals surface area contributed by atoms with Crippen LogP contribution in [0, 0.1) is 5.92 Å². The van der Waals surface area contributed by atoms with E-state index in [2.05, 4.69) is 4.98 Å². The first-order valence-electron chi connectivity index (χ1n) is 7.52. The molecule has 2 rings (SSSR count). The Labute approximate surface area is 126 Å². The highest BCUT2D eigenvalue weighted by molar-refractivity contribution is 5.94. The minimum absolute atomic E-state index is 0.136. The van der Waals surface area contributed by atoms with Crippen LogP contribution in [0.5, 0.6) is 0 Å². The summed E-state index contributed by atoms with van der Waals surface area (Å²) in [5.74, 6) is 0.841. The Hall–Kier alpha value is -1.62. The van der Waals surface area contributed by atoms with E-state index in [0.29, 0.717) is 17.3 Å². The van der Waals surface area contributed by atoms with Gasteiger partial charge in [0.1, 0.15) is 11.4 Å². The Morgan fingerprint density at radius 2 is 2.38 bits per heavy atom. The van der Waals surface area contributed by atoms with Crippen molar-refractivity contribution < 1.29 is 14.3 Å². The third-order valence-electron chi connectivity index (χ3n) is 3.50. The van der Waals surface area contributed by atoms with Crippen molar-refractivity contribution in [3.63, 3.8) is 0 Å². The summed E-state index contributed by atoms with van der Waals surface area (Å²) in [6.45, 7) is 6.16. The molecule has 5 heteroatoms. The molecule has 0 saturated carbocycles. The Morgan fingerprint density at radius 1 is 1.57 bits per heavy atom. The summed E-state index contributed by atoms with van der Waals surface area (Å²) in [4.78, 5) is 18.5. The topological polar surface area (TPSA) is 51.7 Å². The Balaban J connectivity index is 2.09. The van der Waals surface area contributed by atoms with E-state index in [0.717, 1.165) is 32.6 Å². The van der Waals surface area contributed by atoms with Crippen molar-refractivity contribution in [2.75, 3.05) is 31.7 Å². The Morgan fingerprint density at radius 3 is 3.05 bits per heavy atom. The number of hydrogen-bond donors (Lipinski definition) is 0. The van der Waals surface area contributed by atoms with Crippen LogP contribution in [0.15, 0.2) is 18.3 Å². The van der Waals surface area contributed by atoms with Crippen molar-refractivity contribution in [3.05, 3.63) is 23.9 Å². The number of nitrogens with zero attached hydrogens (tertiary/aromatic N) is 2. The summed E-state index contributed by atoms with van der Waals surface area (Å²) in [6, 6.07) is 3.53. The highest BCUT2D eigenvalue weighted by Gasteiger charge is 2.21. The fraction of sp³-hybridized carbons (Fsp3) is 0.625. The van der Waals surface area contributed by atoms with Crippen LogP contribution in [0.25, 0.3) is 0 Å². The van der Waals surface area contributed by atoms with E-state index in [1.54, 1.807) is 18.3 Å². The van der Waals surface area contributed by atoms with Crippen LogP contribution in [0.2, 0.25) is 0 Å². The first kappa shape index (κ1) is 15.8. The first-order valence-corrected chi connectivity index (χ1v) is 7.52. The zero-order valence-corrected chi connectivity index (χ0v) is 13.0. The highest BCUT2D eigenvalue weighted by atomic mass is 16.5. The summed E-state index contributed by atoms with van der Waals surface area (Å²) in [5, 5.41) is 0. The molecule has 0 bridgehead atoms. The van der Waals surface area contributed by atoms with Crippen molar-refractivity contribution in [2.45, 2.75) is 32.8 Å². The molecule has 116 valence electrons. The smallest absolute Gasteiger partial charge is 0.342 e. The van der Waals surface area contributed by atoms with Gasteiger partial charge in [-0.15, -0.1) is 0 Å². The van der Waals surface area contributed by atoms with Gasteiger partial charge in [-0.3, -0.25) is 0 Å². The van der Waals surface area contributed by atoms with E-state index in [1.165, 1.54) is 0 Å². The lowest BCUT2D eigenvalue weighted by molar-refractivity contribution is 0.0378. The molecule has 21 heavy (non-hydrogen) atoms. The maximum absolute atomic E-state index is 12.2. The molecule has 1 aliphatic heterocycles. The number of esters is 1. The summed E-state index contributed by atoms with van der Waals surface area (Å²) in [6.07, 6.45) is 3.82. The van der Waals surface area contributed by atoms with Crippen LogP contribution < -0.4 is 4.90 Å². The van der Waals surface area contributed by atoms with E-state index in [4.69, 9.17) is 9.47 Å². The molecular formula is C16H24N2O3. The lowest BCUT2D eigenvalue weighted by Crippen LogP contribution is -2.32. The summed E-state index contributed by atoms with van der Waals surface area (Å²) < 4.78 is 10.8. The average molecular weight is 292 g/mol. The molecule has 1 aliphatic rings. The van der Waals surface area contributed by atoms with Gasteiger partial charge >= 0.3 is 5.97 Å². The molecule has 0 spiro atoms. The van der Waals surface area contributed by atoms with E-state index in [1.807, 2.05) is 25.8 Å². The second-order valence-electron chi connectivity index (χ2n) is 5.79. The predicted octanol–water partition coefficient (Wildman–Crippen LogP) is 2.51. The van der Waals surface area contributed by atoms with Crippen molar-refractivity contribution in [1.82, 2.24) is 4.98 Å². The molecule has 1 fully saturated rings. The summed E-state index contributed by atoms with van der Waals surface area (Å²) in [7, 11) is 1.96. The molecule has 1 saturated heterocycles. The number of ether oxygens (including phenoxy) is 2. The fourth-order valence-electron chi connectivity index (χ4n) is 2.56. The number of anilines is 1. The number of rotatable bonds is 5. The molecular weight excluding hydrogens is 268 g/mol. The molecule has 2 heterocycles. The number of carbonyl (C=O) groups is 1. The lowest BCUT2D eigenvalue weighted by atomic mass is 10.0. The van der Waals surface area contributed by atoms with Gasteiger partial charge in [-0.05, 0) is 44.7 Å². The van der Waals surface area contributed by atoms with Crippen LogP contribution in [0.3, 0.4) is 0 Å². The van der Waals surface area contributed by atoms with E-state index in [9.17, 15) is 4.79 Å². The number of pyridine rings is 1. The van der Waals surface area contributed by atoms with E-state index in [-0.39, 0.29) is 12.1 Å². The van der Waals surface area contributed by atoms with Gasteiger partial charge in [0, 0.05) is 26.4 Å². The predicted molar refractivity (Wildman–Crippen MR) is 81.6 cm³/mol. The molecule has 0 radical (unpaired) electrons. The van der Waals surface area contributed by atoms with Crippen LogP contribution in [-0.4, -0.2) is 43.9 Å². The quantitative estimate of drug-likeness (QED) is 0.781. The second kappa shape index (κ2) is 7.41. The molecule has 1 unspecified atom stereocenters. The van der Waals surface area contributed by atoms with Gasteiger partial charge in [-0.2, -0.15) is 0 Å². The molecule has 0 aliphatic carbocycles. The summed E-state index contributed by atoms with van der Waals surface area (Å²) in [5.41, 5.74) is 0.519. The second-order valence-corrected chi connectivity index (χ2v) is 5.79. The third kappa shape index (κ3) is 4.43. The molecule has 0 aromatic carbocycles. The lowest BCUT2D eigenvalue weighted by Gasteiger charge is -2.28. The zero-order chi connectivity index (χ0) is 15.2. The minimum Gasteiger partial charge on any atom is -0.459 e. The number of carbonyl (C=O) groups excluding carboxylic acids is 1. The third-order valence-corrected chi connectivity index (χ3v) is 3.50. The van der Waals surface area contributed by atoms with Crippen LogP contribution in [0.1, 0.15) is 37.0 Å². The van der Waals surface area contributed by atoms with E-state index < -0.39 is 0 Å². The maximum Gasteiger partial charge on any atom is 0.342 e. The number of aromatic nitrogens is 1. The molecule has 1 aromatic heterocycles. The van der Waals surface area contributed by atoms with Gasteiger partial charge in [0.05, 0.1) is 12.7 Å². The monoisotopic (exact) mass is 292 g/mol. The van der Waals surface area contributed by atoms with Crippen LogP contribution >= 0.6 is 0 Å². The minimum atomic E-state index is -0.320. The van der Waals surface area contributed by atoms with Gasteiger partial charge in [0.15, 0.2) is 0 Å². The zero-order valence-electron chi connectivity index (χ0n) is 13.0. The van der Waals surface area contributed by atoms with Crippen molar-refractivity contribution >= 4 is 11.8 Å². The Kier molecular flexibility index (Phi) is 5.56. The summed E-state index contributed by atoms with van der Waals surface area (Å²) >= 11 is 0. The first-order chi connectivity index (χ1) is 10.1. The van der Waals surface area contributed by atoms with Crippen molar-refractivity contribution in [3.8, 4) is 0 Å². The molecule has 0 amide bonds. The van der Waals surface area contributed by atoms with E-state index >= 15 is 0 Å². The van der Waals surface area contributed by atoms with Gasteiger partial charge < -0.3 is 14.4 Å². The largest absolute Gasteiger partial charge is 0.459 e. The number of hydrogen-bond acceptors (Lipinski definition) is 5. The van der Waals surface area contributed by atoms with Crippen LogP contribution in [0.4, 0.5) is 5.82 Å². The SMILES string of the molecule is CC(C)OC(=O)c1cccnc1N(C)CC1CCCOC1.